The molecule has 2 N–H and O–H groups in total. The summed E-state index contributed by atoms with van der Waals surface area (Å²) in [5, 5.41) is 4.05. The van der Waals surface area contributed by atoms with Gasteiger partial charge in [-0.2, -0.15) is 13.2 Å². The number of benzene rings is 2. The number of carbonyl (C=O) groups excluding carboxylic acids is 4. The maximum Gasteiger partial charge on any atom is 0.419 e. The molecule has 9 rings (SSSR count). The quantitative estimate of drug-likeness (QED) is 0.156. The minimum absolute atomic E-state index is 0.00741. The number of carbonyl (C=O) groups is 4. The Kier molecular flexibility index (Phi) is 9.17. The first kappa shape index (κ1) is 36.7. The minimum Gasteiger partial charge on any atom is -0.367 e. The largest absolute Gasteiger partial charge is 0.419 e. The number of piperazine rings is 1. The average molecular weight is 783 g/mol. The summed E-state index contributed by atoms with van der Waals surface area (Å²) in [7, 11) is 0. The normalized spacial score (nSPS) is 19.9. The summed E-state index contributed by atoms with van der Waals surface area (Å²) in [6.07, 6.45) is 2.72. The Morgan fingerprint density at radius 3 is 2.26 bits per heavy atom. The van der Waals surface area contributed by atoms with Crippen LogP contribution < -0.4 is 15.1 Å². The number of alkyl halides is 3. The first-order chi connectivity index (χ1) is 27.4. The molecule has 0 spiro atoms. The van der Waals surface area contributed by atoms with Gasteiger partial charge in [0.25, 0.3) is 11.8 Å². The molecule has 5 aromatic rings. The number of aromatic nitrogens is 3. The highest BCUT2D eigenvalue weighted by molar-refractivity contribution is 6.23. The Morgan fingerprint density at radius 1 is 0.772 bits per heavy atom. The zero-order chi connectivity index (χ0) is 39.6. The number of anilines is 2. The predicted molar refractivity (Wildman–Crippen MR) is 203 cm³/mol. The molecule has 57 heavy (non-hydrogen) atoms. The summed E-state index contributed by atoms with van der Waals surface area (Å²) < 4.78 is 58.9. The van der Waals surface area contributed by atoms with Crippen LogP contribution in [0, 0.1) is 11.7 Å². The van der Waals surface area contributed by atoms with Crippen LogP contribution in [0.25, 0.3) is 32.9 Å². The van der Waals surface area contributed by atoms with Crippen molar-refractivity contribution < 1.29 is 36.7 Å². The molecule has 16 heteroatoms. The van der Waals surface area contributed by atoms with Crippen molar-refractivity contribution in [1.29, 1.82) is 0 Å². The van der Waals surface area contributed by atoms with E-state index < -0.39 is 47.2 Å². The number of fused-ring (bicyclic) bond motifs is 4. The van der Waals surface area contributed by atoms with Crippen LogP contribution in [0.5, 0.6) is 0 Å². The van der Waals surface area contributed by atoms with E-state index in [2.05, 4.69) is 25.2 Å². The van der Waals surface area contributed by atoms with Crippen LogP contribution in [0.3, 0.4) is 0 Å². The number of hydrogen-bond acceptors (Lipinski definition) is 9. The Labute approximate surface area is 323 Å². The van der Waals surface area contributed by atoms with Crippen molar-refractivity contribution in [2.75, 3.05) is 55.6 Å². The number of pyridine rings is 2. The average Bonchev–Trinajstić information content (AvgIpc) is 3.69. The molecule has 0 radical (unpaired) electrons. The second-order valence-corrected chi connectivity index (χ2v) is 15.2. The summed E-state index contributed by atoms with van der Waals surface area (Å²) >= 11 is 0. The highest BCUT2D eigenvalue weighted by Gasteiger charge is 2.45. The molecule has 3 fully saturated rings. The van der Waals surface area contributed by atoms with E-state index in [9.17, 15) is 32.3 Å². The van der Waals surface area contributed by atoms with Gasteiger partial charge in [-0.1, -0.05) is 12.1 Å². The number of nitrogens with one attached hydrogen (secondary N) is 2. The number of nitrogens with zero attached hydrogens (tertiary/aromatic N) is 6. The second-order valence-electron chi connectivity index (χ2n) is 15.2. The molecule has 1 atom stereocenters. The van der Waals surface area contributed by atoms with Crippen LogP contribution in [0.4, 0.5) is 29.1 Å². The van der Waals surface area contributed by atoms with Crippen LogP contribution in [-0.2, 0) is 15.8 Å². The first-order valence-electron chi connectivity index (χ1n) is 19.1. The molecule has 7 heterocycles. The van der Waals surface area contributed by atoms with E-state index in [1.807, 2.05) is 29.2 Å². The molecule has 0 saturated carbocycles. The van der Waals surface area contributed by atoms with Gasteiger partial charge in [-0.25, -0.2) is 9.37 Å². The van der Waals surface area contributed by atoms with Gasteiger partial charge < -0.3 is 14.8 Å². The standard InChI is InChI=1S/C41H38F4N8O4/c42-31-19-27-28(40(57)53(39(27)56)34-3-4-36(54)49-38(34)55)20-35(31)51-15-13-50(14-16-51)10-6-23-7-11-52(12-8-23)37-30(41(43,44)45)17-25(21-47-37)24-1-2-26-29-22-46-9-5-32(29)48-33(26)18-24/h1-2,5,9,17-23,34,48H,3-4,6-8,10-16H2,(H,49,54,55). The predicted octanol–water partition coefficient (Wildman–Crippen LogP) is 5.77. The second kappa shape index (κ2) is 14.2. The molecule has 1 unspecified atom stereocenters. The summed E-state index contributed by atoms with van der Waals surface area (Å²) in [4.78, 5) is 68.9. The SMILES string of the molecule is O=C1CCC(N2C(=O)c3cc(F)c(N4CCN(CCC5CCN(c6ncc(-c7ccc8c(c7)[nH]c7ccncc78)cc6C(F)(F)F)CC5)CC4)cc3C2=O)C(=O)N1. The van der Waals surface area contributed by atoms with Crippen molar-refractivity contribution in [1.82, 2.24) is 30.1 Å². The van der Waals surface area contributed by atoms with Gasteiger partial charge in [0.15, 0.2) is 0 Å². The Balaban J connectivity index is 0.797. The lowest BCUT2D eigenvalue weighted by Crippen LogP contribution is -2.54. The van der Waals surface area contributed by atoms with E-state index in [0.29, 0.717) is 56.3 Å². The van der Waals surface area contributed by atoms with Gasteiger partial charge in [0, 0.05) is 91.6 Å². The third-order valence-corrected chi connectivity index (χ3v) is 11.9. The summed E-state index contributed by atoms with van der Waals surface area (Å²) in [5.41, 5.74) is 2.12. The minimum atomic E-state index is -4.58. The number of hydrogen-bond donors (Lipinski definition) is 2. The molecule has 3 saturated heterocycles. The van der Waals surface area contributed by atoms with Crippen molar-refractivity contribution in [3.05, 3.63) is 83.6 Å². The zero-order valence-corrected chi connectivity index (χ0v) is 30.7. The topological polar surface area (TPSA) is 135 Å². The molecular weight excluding hydrogens is 744 g/mol. The number of piperidine rings is 2. The molecule has 0 bridgehead atoms. The Bertz CT molecular complexity index is 2450. The molecule has 294 valence electrons. The smallest absolute Gasteiger partial charge is 0.367 e. The van der Waals surface area contributed by atoms with Crippen LogP contribution in [0.1, 0.15) is 58.4 Å². The number of aromatic amines is 1. The van der Waals surface area contributed by atoms with Crippen molar-refractivity contribution in [3.63, 3.8) is 0 Å². The van der Waals surface area contributed by atoms with Gasteiger partial charge in [-0.05, 0) is 74.0 Å². The Hall–Kier alpha value is -5.90. The fourth-order valence-electron chi connectivity index (χ4n) is 8.73. The lowest BCUT2D eigenvalue weighted by Gasteiger charge is -2.38. The van der Waals surface area contributed by atoms with Crippen LogP contribution in [-0.4, -0.2) is 100 Å². The van der Waals surface area contributed by atoms with Crippen LogP contribution >= 0.6 is 0 Å². The van der Waals surface area contributed by atoms with Gasteiger partial charge in [0.2, 0.25) is 11.8 Å². The van der Waals surface area contributed by atoms with E-state index >= 15 is 4.39 Å². The lowest BCUT2D eigenvalue weighted by atomic mass is 9.93. The molecule has 4 aliphatic heterocycles. The molecule has 3 aromatic heterocycles. The van der Waals surface area contributed by atoms with E-state index in [0.717, 1.165) is 58.6 Å². The number of H-pyrrole nitrogens is 1. The molecule has 0 aliphatic carbocycles. The number of imide groups is 2. The van der Waals surface area contributed by atoms with Crippen molar-refractivity contribution in [2.45, 2.75) is 44.3 Å². The molecule has 4 amide bonds. The molecule has 4 aliphatic rings. The van der Waals surface area contributed by atoms with Gasteiger partial charge >= 0.3 is 6.18 Å². The lowest BCUT2D eigenvalue weighted by molar-refractivity contribution is -0.138. The number of halogens is 4. The van der Waals surface area contributed by atoms with Gasteiger partial charge in [0.05, 0.1) is 22.4 Å². The van der Waals surface area contributed by atoms with E-state index in [4.69, 9.17) is 0 Å². The molecule has 12 nitrogen and oxygen atoms in total. The maximum absolute atomic E-state index is 15.4. The molecule has 2 aromatic carbocycles. The monoisotopic (exact) mass is 782 g/mol. The van der Waals surface area contributed by atoms with Crippen LogP contribution in [0.2, 0.25) is 0 Å². The number of amides is 4. The van der Waals surface area contributed by atoms with Gasteiger partial charge in [-0.15, -0.1) is 0 Å². The summed E-state index contributed by atoms with van der Waals surface area (Å²) in [5.74, 6) is -2.99. The fraction of sp³-hybridized carbons (Fsp3) is 0.366. The third-order valence-electron chi connectivity index (χ3n) is 11.9. The maximum atomic E-state index is 15.4. The van der Waals surface area contributed by atoms with E-state index in [1.165, 1.54) is 18.3 Å². The van der Waals surface area contributed by atoms with Gasteiger partial charge in [-0.3, -0.25) is 39.3 Å². The highest BCUT2D eigenvalue weighted by atomic mass is 19.4. The summed E-state index contributed by atoms with van der Waals surface area (Å²) in [6, 6.07) is 9.90. The zero-order valence-electron chi connectivity index (χ0n) is 30.7. The van der Waals surface area contributed by atoms with Crippen molar-refractivity contribution in [3.8, 4) is 11.1 Å². The van der Waals surface area contributed by atoms with E-state index in [-0.39, 0.29) is 35.5 Å². The van der Waals surface area contributed by atoms with Crippen molar-refractivity contribution in [2.24, 2.45) is 5.92 Å². The van der Waals surface area contributed by atoms with E-state index in [1.54, 1.807) is 17.3 Å². The first-order valence-corrected chi connectivity index (χ1v) is 19.1. The molecular formula is C41H38F4N8O4. The summed E-state index contributed by atoms with van der Waals surface area (Å²) in [6.45, 7) is 3.97. The van der Waals surface area contributed by atoms with Crippen molar-refractivity contribution >= 4 is 56.9 Å². The Morgan fingerprint density at radius 2 is 1.53 bits per heavy atom. The van der Waals surface area contributed by atoms with Crippen LogP contribution in [0.15, 0.2) is 61.1 Å². The third kappa shape index (κ3) is 6.74. The number of rotatable bonds is 7. The van der Waals surface area contributed by atoms with Gasteiger partial charge in [0.1, 0.15) is 17.7 Å². The highest BCUT2D eigenvalue weighted by Crippen LogP contribution is 2.40. The fourth-order valence-corrected chi connectivity index (χ4v) is 8.73.